The highest BCUT2D eigenvalue weighted by Gasteiger charge is 2.26. The van der Waals surface area contributed by atoms with Gasteiger partial charge in [-0.25, -0.2) is 9.97 Å². The van der Waals surface area contributed by atoms with E-state index in [1.165, 1.54) is 76.3 Å². The van der Waals surface area contributed by atoms with Crippen LogP contribution in [0, 0.1) is 0 Å². The van der Waals surface area contributed by atoms with Gasteiger partial charge in [0.1, 0.15) is 11.6 Å². The number of rotatable bonds is 6. The quantitative estimate of drug-likeness (QED) is 0.155. The molecule has 0 unspecified atom stereocenters. The van der Waals surface area contributed by atoms with Crippen LogP contribution in [0.2, 0.25) is 0 Å². The van der Waals surface area contributed by atoms with Crippen LogP contribution >= 0.6 is 0 Å². The van der Waals surface area contributed by atoms with E-state index < -0.39 is 0 Å². The van der Waals surface area contributed by atoms with E-state index in [2.05, 4.69) is 279 Å². The molecule has 10 heterocycles. The average Bonchev–Trinajstić information content (AvgIpc) is 1.53. The number of aromatic nitrogens is 8. The number of benzene rings is 14. The Balaban J connectivity index is 0.000000129. The van der Waals surface area contributed by atoms with Crippen LogP contribution in [0.25, 0.3) is 209 Å². The van der Waals surface area contributed by atoms with Crippen molar-refractivity contribution in [2.75, 3.05) is 0 Å². The lowest BCUT2D eigenvalue weighted by molar-refractivity contribution is 1.10. The molecule has 492 valence electrons. The zero-order valence-corrected chi connectivity index (χ0v) is 56.7. The Kier molecular flexibility index (Phi) is 12.1. The molecule has 0 aliphatic rings. The van der Waals surface area contributed by atoms with Crippen molar-refractivity contribution in [2.45, 2.75) is 0 Å². The Hall–Kier alpha value is -14.5. The number of pyridine rings is 4. The molecular weight excluding hydrogens is 1300 g/mol. The fraction of sp³-hybridized carbons (Fsp3) is 0. The summed E-state index contributed by atoms with van der Waals surface area (Å²) in [6.07, 6.45) is 0. The van der Waals surface area contributed by atoms with Crippen molar-refractivity contribution in [3.63, 3.8) is 0 Å². The first-order valence-electron chi connectivity index (χ1n) is 35.9. The molecular formula is C96H56N8O2. The molecule has 24 rings (SSSR count). The fourth-order valence-electron chi connectivity index (χ4n) is 17.8. The van der Waals surface area contributed by atoms with Crippen molar-refractivity contribution in [3.8, 4) is 45.3 Å². The maximum Gasteiger partial charge on any atom is 0.263 e. The Morgan fingerprint density at radius 1 is 0.189 bits per heavy atom. The minimum absolute atomic E-state index is 0.0129. The van der Waals surface area contributed by atoms with E-state index in [0.717, 1.165) is 122 Å². The van der Waals surface area contributed by atoms with Gasteiger partial charge in [0.05, 0.1) is 77.2 Å². The molecule has 14 aromatic carbocycles. The van der Waals surface area contributed by atoms with Crippen molar-refractivity contribution in [1.82, 2.24) is 37.0 Å². The number of hydrogen-bond acceptors (Lipinski definition) is 4. The second kappa shape index (κ2) is 22.0. The van der Waals surface area contributed by atoms with Crippen LogP contribution in [0.3, 0.4) is 0 Å². The highest BCUT2D eigenvalue weighted by atomic mass is 16.1. The van der Waals surface area contributed by atoms with E-state index in [9.17, 15) is 9.59 Å². The van der Waals surface area contributed by atoms with Gasteiger partial charge >= 0.3 is 0 Å². The Bertz CT molecular complexity index is 7540. The van der Waals surface area contributed by atoms with Gasteiger partial charge in [-0.1, -0.05) is 206 Å². The molecule has 10 nitrogen and oxygen atoms in total. The third-order valence-corrected chi connectivity index (χ3v) is 22.4. The van der Waals surface area contributed by atoms with E-state index in [1.54, 1.807) is 0 Å². The summed E-state index contributed by atoms with van der Waals surface area (Å²) in [5.74, 6) is 1.65. The van der Waals surface area contributed by atoms with Crippen LogP contribution in [-0.2, 0) is 0 Å². The standard InChI is InChI=1S/2C48H28N4O/c53-48-36-18-5-4-17-35(36)46-47-39(34-16-8-11-21-42(34)52(47)48)28-45(49-46)51-41-20-10-7-15-33(41)38-27-30(23-25-44(38)51)29-22-24-43-37(26-29)32-14-6-9-19-40(32)50(43)31-12-2-1-3-13-31;53-48-35-17-5-4-14-32(35)39-28-45(49-46-36-18-8-11-21-42(36)52(48)47(39)46)51-41-20-10-7-16-34(41)38-27-30(23-25-44(38)51)29-22-24-43-37(26-29)33-15-6-9-19-40(33)50(43)31-12-2-1-3-13-31/h2*1-28H. The molecule has 24 aromatic rings. The topological polar surface area (TPSA) is 88.5 Å². The van der Waals surface area contributed by atoms with Gasteiger partial charge in [0, 0.05) is 92.2 Å². The lowest BCUT2D eigenvalue weighted by Gasteiger charge is -2.11. The smallest absolute Gasteiger partial charge is 0.263 e. The minimum Gasteiger partial charge on any atom is -0.309 e. The number of fused-ring (bicyclic) bond motifs is 22. The molecule has 10 heteroatoms. The normalized spacial score (nSPS) is 12.2. The molecule has 0 spiro atoms. The monoisotopic (exact) mass is 1350 g/mol. The lowest BCUT2D eigenvalue weighted by Crippen LogP contribution is -2.13. The zero-order valence-electron chi connectivity index (χ0n) is 56.7. The third-order valence-electron chi connectivity index (χ3n) is 22.4. The summed E-state index contributed by atoms with van der Waals surface area (Å²) in [6, 6.07) is 119. The molecule has 0 saturated carbocycles. The third kappa shape index (κ3) is 8.14. The van der Waals surface area contributed by atoms with Gasteiger partial charge in [-0.2, -0.15) is 0 Å². The Morgan fingerprint density at radius 3 is 0.858 bits per heavy atom. The van der Waals surface area contributed by atoms with Gasteiger partial charge in [-0.05, 0) is 161 Å². The largest absolute Gasteiger partial charge is 0.309 e. The zero-order chi connectivity index (χ0) is 69.6. The first-order chi connectivity index (χ1) is 52.5. The van der Waals surface area contributed by atoms with Crippen molar-refractivity contribution in [3.05, 3.63) is 360 Å². The summed E-state index contributed by atoms with van der Waals surface area (Å²) in [5.41, 5.74) is 21.2. The van der Waals surface area contributed by atoms with E-state index in [1.807, 2.05) is 87.7 Å². The summed E-state index contributed by atoms with van der Waals surface area (Å²) in [5, 5.41) is 16.8. The van der Waals surface area contributed by atoms with E-state index in [-0.39, 0.29) is 11.1 Å². The van der Waals surface area contributed by atoms with Gasteiger partial charge in [0.2, 0.25) is 0 Å². The van der Waals surface area contributed by atoms with Gasteiger partial charge in [0.25, 0.3) is 11.1 Å². The highest BCUT2D eigenvalue weighted by Crippen LogP contribution is 2.44. The van der Waals surface area contributed by atoms with Gasteiger partial charge in [0.15, 0.2) is 0 Å². The van der Waals surface area contributed by atoms with Crippen LogP contribution in [0.5, 0.6) is 0 Å². The van der Waals surface area contributed by atoms with Crippen molar-refractivity contribution in [2.24, 2.45) is 0 Å². The second-order valence-corrected chi connectivity index (χ2v) is 27.9. The van der Waals surface area contributed by atoms with Crippen molar-refractivity contribution < 1.29 is 0 Å². The average molecular weight is 1350 g/mol. The minimum atomic E-state index is -0.0129. The van der Waals surface area contributed by atoms with Crippen molar-refractivity contribution in [1.29, 1.82) is 0 Å². The van der Waals surface area contributed by atoms with Gasteiger partial charge in [-0.15, -0.1) is 0 Å². The number of para-hydroxylation sites is 8. The molecule has 10 aromatic heterocycles. The summed E-state index contributed by atoms with van der Waals surface area (Å²) >= 11 is 0. The Labute approximate surface area is 602 Å². The molecule has 0 N–H and O–H groups in total. The molecule has 0 fully saturated rings. The van der Waals surface area contributed by atoms with E-state index in [0.29, 0.717) is 10.8 Å². The molecule has 0 amide bonds. The maximum atomic E-state index is 13.9. The maximum absolute atomic E-state index is 13.9. The van der Waals surface area contributed by atoms with Crippen LogP contribution in [-0.4, -0.2) is 37.0 Å². The van der Waals surface area contributed by atoms with Crippen molar-refractivity contribution >= 4 is 163 Å². The van der Waals surface area contributed by atoms with E-state index in [4.69, 9.17) is 9.97 Å². The molecule has 0 aliphatic carbocycles. The first kappa shape index (κ1) is 58.2. The highest BCUT2D eigenvalue weighted by molar-refractivity contribution is 6.22. The molecule has 0 radical (unpaired) electrons. The van der Waals surface area contributed by atoms with Crippen LogP contribution in [0.15, 0.2) is 349 Å². The van der Waals surface area contributed by atoms with Crippen LogP contribution in [0.1, 0.15) is 0 Å². The van der Waals surface area contributed by atoms with Crippen LogP contribution in [0.4, 0.5) is 0 Å². The van der Waals surface area contributed by atoms with E-state index >= 15 is 0 Å². The summed E-state index contributed by atoms with van der Waals surface area (Å²) in [4.78, 5) is 38.6. The lowest BCUT2D eigenvalue weighted by atomic mass is 10.0. The summed E-state index contributed by atoms with van der Waals surface area (Å²) < 4.78 is 13.0. The van der Waals surface area contributed by atoms with Gasteiger partial charge < -0.3 is 9.13 Å². The van der Waals surface area contributed by atoms with Gasteiger partial charge in [-0.3, -0.25) is 27.5 Å². The molecule has 0 bridgehead atoms. The fourth-order valence-corrected chi connectivity index (χ4v) is 17.8. The second-order valence-electron chi connectivity index (χ2n) is 27.9. The molecule has 0 saturated heterocycles. The SMILES string of the molecule is O=c1c2ccccc2c2cc(-n3c4ccccc4c4cc(-c5ccc6c(c5)c5ccccc5n6-c5ccccc5)ccc43)nc3c4ccccc4n1c23.O=c1c2ccccc2c2nc(-n3c4ccccc4c4cc(-c5ccc6c(c5)c5ccccc5n6-c5ccccc5)ccc43)cc3c4ccccc4n1c32. The Morgan fingerprint density at radius 2 is 0.453 bits per heavy atom. The summed E-state index contributed by atoms with van der Waals surface area (Å²) in [6.45, 7) is 0. The number of nitrogens with zero attached hydrogens (tertiary/aromatic N) is 8. The number of hydrogen-bond donors (Lipinski definition) is 0. The predicted octanol–water partition coefficient (Wildman–Crippen LogP) is 22.9. The predicted molar refractivity (Wildman–Crippen MR) is 439 cm³/mol. The van der Waals surface area contributed by atoms with Crippen LogP contribution < -0.4 is 11.1 Å². The molecule has 0 atom stereocenters. The molecule has 106 heavy (non-hydrogen) atoms. The first-order valence-corrected chi connectivity index (χ1v) is 35.9. The summed E-state index contributed by atoms with van der Waals surface area (Å²) in [7, 11) is 0. The molecule has 0 aliphatic heterocycles.